The molecule has 2 saturated heterocycles. The Morgan fingerprint density at radius 3 is 2.00 bits per heavy atom. The first-order valence-electron chi connectivity index (χ1n) is 10.7. The third-order valence-corrected chi connectivity index (χ3v) is 9.39. The molecule has 178 valence electrons. The van der Waals surface area contributed by atoms with Crippen LogP contribution in [0.3, 0.4) is 0 Å². The Morgan fingerprint density at radius 2 is 1.48 bits per heavy atom. The Kier molecular flexibility index (Phi) is 6.14. The lowest BCUT2D eigenvalue weighted by Crippen LogP contribution is -2.44. The van der Waals surface area contributed by atoms with Gasteiger partial charge in [-0.05, 0) is 68.4 Å². The first-order valence-corrected chi connectivity index (χ1v) is 13.8. The standard InChI is InChI=1S/C22H28N4O5S2/c1-16-14-20(26-21(27)8-13-32(26,28)29)15-17(2)22(16)33(30,31)23-18-4-6-19(7-5-18)25-11-9-24(3)10-12-25/h4-7,14-15,23H,8-13H2,1-3H3. The molecule has 2 aromatic carbocycles. The highest BCUT2D eigenvalue weighted by Crippen LogP contribution is 2.32. The van der Waals surface area contributed by atoms with E-state index < -0.39 is 26.0 Å². The van der Waals surface area contributed by atoms with Crippen LogP contribution >= 0.6 is 0 Å². The maximum Gasteiger partial charge on any atom is 0.262 e. The minimum Gasteiger partial charge on any atom is -0.369 e. The summed E-state index contributed by atoms with van der Waals surface area (Å²) in [4.78, 5) is 16.7. The van der Waals surface area contributed by atoms with Crippen molar-refractivity contribution in [2.24, 2.45) is 0 Å². The molecular formula is C22H28N4O5S2. The Hall–Kier alpha value is -2.63. The number of hydrogen-bond donors (Lipinski definition) is 1. The Morgan fingerprint density at radius 1 is 0.909 bits per heavy atom. The van der Waals surface area contributed by atoms with Crippen molar-refractivity contribution < 1.29 is 21.6 Å². The number of amides is 1. The molecule has 2 heterocycles. The molecule has 0 spiro atoms. The highest BCUT2D eigenvalue weighted by Gasteiger charge is 2.37. The number of nitrogens with zero attached hydrogens (tertiary/aromatic N) is 3. The van der Waals surface area contributed by atoms with Crippen molar-refractivity contribution in [3.05, 3.63) is 47.5 Å². The average molecular weight is 493 g/mol. The summed E-state index contributed by atoms with van der Waals surface area (Å²) < 4.78 is 54.2. The minimum absolute atomic E-state index is 0.0680. The average Bonchev–Trinajstić information content (AvgIpc) is 3.00. The fourth-order valence-electron chi connectivity index (χ4n) is 4.35. The maximum atomic E-state index is 13.2. The first kappa shape index (κ1) is 23.5. The first-order chi connectivity index (χ1) is 15.5. The van der Waals surface area contributed by atoms with Gasteiger partial charge in [0.05, 0.1) is 16.3 Å². The quantitative estimate of drug-likeness (QED) is 0.680. The van der Waals surface area contributed by atoms with Crippen molar-refractivity contribution in [2.75, 3.05) is 52.9 Å². The van der Waals surface area contributed by atoms with Crippen LogP contribution < -0.4 is 13.9 Å². The van der Waals surface area contributed by atoms with Gasteiger partial charge in [0.2, 0.25) is 15.9 Å². The van der Waals surface area contributed by atoms with Crippen LogP contribution in [-0.2, 0) is 24.8 Å². The fraction of sp³-hybridized carbons (Fsp3) is 0.409. The van der Waals surface area contributed by atoms with Gasteiger partial charge in [-0.1, -0.05) is 0 Å². The van der Waals surface area contributed by atoms with E-state index in [1.807, 2.05) is 12.1 Å². The summed E-state index contributed by atoms with van der Waals surface area (Å²) in [6.45, 7) is 6.98. The molecule has 2 aliphatic heterocycles. The van der Waals surface area contributed by atoms with Crippen molar-refractivity contribution in [1.29, 1.82) is 0 Å². The molecule has 2 fully saturated rings. The third-order valence-electron chi connectivity index (χ3n) is 6.01. The molecule has 9 nitrogen and oxygen atoms in total. The lowest BCUT2D eigenvalue weighted by molar-refractivity contribution is -0.116. The molecule has 1 amide bonds. The van der Waals surface area contributed by atoms with Crippen LogP contribution in [0.15, 0.2) is 41.3 Å². The molecule has 0 aliphatic carbocycles. The van der Waals surface area contributed by atoms with E-state index in [9.17, 15) is 21.6 Å². The third kappa shape index (κ3) is 4.71. The van der Waals surface area contributed by atoms with Crippen LogP contribution in [0.5, 0.6) is 0 Å². The summed E-state index contributed by atoms with van der Waals surface area (Å²) in [6.07, 6.45) is -0.0772. The molecule has 0 bridgehead atoms. The number of sulfonamides is 2. The van der Waals surface area contributed by atoms with Crippen LogP contribution in [0.25, 0.3) is 0 Å². The molecule has 33 heavy (non-hydrogen) atoms. The number of rotatable bonds is 5. The maximum absolute atomic E-state index is 13.2. The molecule has 0 aromatic heterocycles. The van der Waals surface area contributed by atoms with Crippen LogP contribution in [0.4, 0.5) is 17.1 Å². The van der Waals surface area contributed by atoms with E-state index in [4.69, 9.17) is 0 Å². The Labute approximate surface area is 195 Å². The van der Waals surface area contributed by atoms with Gasteiger partial charge in [0.15, 0.2) is 0 Å². The topological polar surface area (TPSA) is 107 Å². The second-order valence-electron chi connectivity index (χ2n) is 8.58. The molecule has 0 unspecified atom stereocenters. The number of anilines is 3. The smallest absolute Gasteiger partial charge is 0.262 e. The molecule has 1 N–H and O–H groups in total. The second-order valence-corrected chi connectivity index (χ2v) is 12.1. The number of nitrogens with one attached hydrogen (secondary N) is 1. The van der Waals surface area contributed by atoms with Gasteiger partial charge in [-0.3, -0.25) is 9.52 Å². The fourth-order valence-corrected chi connectivity index (χ4v) is 7.31. The molecule has 0 saturated carbocycles. The van der Waals surface area contributed by atoms with Gasteiger partial charge in [0.1, 0.15) is 0 Å². The normalized spacial score (nSPS) is 19.2. The number of carbonyl (C=O) groups is 1. The molecule has 11 heteroatoms. The van der Waals surface area contributed by atoms with Crippen LogP contribution in [0.1, 0.15) is 17.5 Å². The molecule has 2 aromatic rings. The van der Waals surface area contributed by atoms with Gasteiger partial charge >= 0.3 is 0 Å². The number of benzene rings is 2. The summed E-state index contributed by atoms with van der Waals surface area (Å²) in [5.74, 6) is -0.752. The lowest BCUT2D eigenvalue weighted by atomic mass is 10.1. The zero-order valence-electron chi connectivity index (χ0n) is 18.9. The summed E-state index contributed by atoms with van der Waals surface area (Å²) in [5, 5.41) is 0. The zero-order chi connectivity index (χ0) is 24.0. The van der Waals surface area contributed by atoms with Crippen LogP contribution in [0.2, 0.25) is 0 Å². The number of aryl methyl sites for hydroxylation is 2. The minimum atomic E-state index is -3.93. The van der Waals surface area contributed by atoms with E-state index in [2.05, 4.69) is 21.6 Å². The molecule has 0 radical (unpaired) electrons. The van der Waals surface area contributed by atoms with E-state index in [-0.39, 0.29) is 22.8 Å². The van der Waals surface area contributed by atoms with Gasteiger partial charge in [0.25, 0.3) is 10.0 Å². The summed E-state index contributed by atoms with van der Waals surface area (Å²) in [7, 11) is -5.56. The van der Waals surface area contributed by atoms with Crippen LogP contribution in [-0.4, -0.2) is 66.6 Å². The molecule has 0 atom stereocenters. The summed E-state index contributed by atoms with van der Waals surface area (Å²) >= 11 is 0. The predicted molar refractivity (Wildman–Crippen MR) is 129 cm³/mol. The van der Waals surface area contributed by atoms with E-state index in [1.54, 1.807) is 26.0 Å². The van der Waals surface area contributed by atoms with Crippen molar-refractivity contribution in [2.45, 2.75) is 25.2 Å². The van der Waals surface area contributed by atoms with E-state index in [1.165, 1.54) is 12.1 Å². The van der Waals surface area contributed by atoms with Gasteiger partial charge in [-0.15, -0.1) is 0 Å². The van der Waals surface area contributed by atoms with Crippen LogP contribution in [0, 0.1) is 13.8 Å². The van der Waals surface area contributed by atoms with Gasteiger partial charge < -0.3 is 9.80 Å². The Balaban J connectivity index is 1.57. The van der Waals surface area contributed by atoms with E-state index in [0.717, 1.165) is 36.2 Å². The number of carbonyl (C=O) groups excluding carboxylic acids is 1. The van der Waals surface area contributed by atoms with Gasteiger partial charge in [-0.2, -0.15) is 0 Å². The Bertz CT molecular complexity index is 1260. The predicted octanol–water partition coefficient (Wildman–Crippen LogP) is 1.92. The van der Waals surface area contributed by atoms with Gasteiger partial charge in [-0.25, -0.2) is 21.1 Å². The molecule has 4 rings (SSSR count). The second kappa shape index (κ2) is 8.62. The van der Waals surface area contributed by atoms with E-state index in [0.29, 0.717) is 16.8 Å². The monoisotopic (exact) mass is 492 g/mol. The highest BCUT2D eigenvalue weighted by atomic mass is 32.2. The van der Waals surface area contributed by atoms with E-state index >= 15 is 0 Å². The zero-order valence-corrected chi connectivity index (χ0v) is 20.5. The SMILES string of the molecule is Cc1cc(N2C(=O)CCS2(=O)=O)cc(C)c1S(=O)(=O)Nc1ccc(N2CCN(C)CC2)cc1. The molecule has 2 aliphatic rings. The van der Waals surface area contributed by atoms with Crippen molar-refractivity contribution >= 4 is 43.0 Å². The lowest BCUT2D eigenvalue weighted by Gasteiger charge is -2.34. The number of piperazine rings is 1. The molecular weight excluding hydrogens is 464 g/mol. The van der Waals surface area contributed by atoms with Crippen molar-refractivity contribution in [3.63, 3.8) is 0 Å². The largest absolute Gasteiger partial charge is 0.369 e. The number of hydrogen-bond acceptors (Lipinski definition) is 7. The summed E-state index contributed by atoms with van der Waals surface area (Å²) in [6, 6.07) is 10.1. The van der Waals surface area contributed by atoms with Gasteiger partial charge in [0, 0.05) is 44.0 Å². The summed E-state index contributed by atoms with van der Waals surface area (Å²) in [5.41, 5.74) is 2.37. The van der Waals surface area contributed by atoms with Crippen molar-refractivity contribution in [3.8, 4) is 0 Å². The number of likely N-dealkylation sites (N-methyl/N-ethyl adjacent to an activating group) is 1. The highest BCUT2D eigenvalue weighted by molar-refractivity contribution is 7.94. The van der Waals surface area contributed by atoms with Crippen molar-refractivity contribution in [1.82, 2.24) is 4.90 Å².